The Kier molecular flexibility index (Phi) is 8.08. The SMILES string of the molecule is O=C(CCCC(=O)Nc1ccc(-c2noc(-c3ccccc3)n2)cc1)Nc1ccc(-c2noc(-c3ccccc3)n2)cc1. The average molecular weight is 571 g/mol. The first kappa shape index (κ1) is 27.3. The van der Waals surface area contributed by atoms with Gasteiger partial charge in [-0.1, -0.05) is 46.7 Å². The number of carbonyl (C=O) groups excluding carboxylic acids is 2. The summed E-state index contributed by atoms with van der Waals surface area (Å²) in [4.78, 5) is 33.8. The van der Waals surface area contributed by atoms with Crippen LogP contribution in [-0.4, -0.2) is 32.1 Å². The van der Waals surface area contributed by atoms with Gasteiger partial charge in [0.05, 0.1) is 0 Å². The van der Waals surface area contributed by atoms with E-state index in [0.29, 0.717) is 41.2 Å². The van der Waals surface area contributed by atoms with Gasteiger partial charge in [-0.25, -0.2) is 0 Å². The third kappa shape index (κ3) is 6.88. The molecular formula is C33H26N6O4. The smallest absolute Gasteiger partial charge is 0.258 e. The highest BCUT2D eigenvalue weighted by atomic mass is 16.5. The Bertz CT molecular complexity index is 1680. The number of carbonyl (C=O) groups is 2. The van der Waals surface area contributed by atoms with Gasteiger partial charge in [0.2, 0.25) is 23.5 Å². The van der Waals surface area contributed by atoms with Gasteiger partial charge in [0, 0.05) is 46.5 Å². The lowest BCUT2D eigenvalue weighted by Gasteiger charge is -2.07. The van der Waals surface area contributed by atoms with E-state index in [1.807, 2.05) is 84.9 Å². The number of aromatic nitrogens is 4. The van der Waals surface area contributed by atoms with Gasteiger partial charge in [-0.05, 0) is 79.2 Å². The van der Waals surface area contributed by atoms with Gasteiger partial charge in [0.1, 0.15) is 0 Å². The molecule has 0 spiro atoms. The van der Waals surface area contributed by atoms with Gasteiger partial charge in [0.15, 0.2) is 0 Å². The Balaban J connectivity index is 0.943. The first-order chi connectivity index (χ1) is 21.1. The van der Waals surface area contributed by atoms with Crippen LogP contribution in [0, 0.1) is 0 Å². The second-order valence-electron chi connectivity index (χ2n) is 9.68. The predicted molar refractivity (Wildman–Crippen MR) is 161 cm³/mol. The van der Waals surface area contributed by atoms with Crippen molar-refractivity contribution in [3.05, 3.63) is 109 Å². The lowest BCUT2D eigenvalue weighted by molar-refractivity contribution is -0.117. The number of anilines is 2. The molecule has 0 unspecified atom stereocenters. The number of hydrogen-bond acceptors (Lipinski definition) is 8. The second-order valence-corrected chi connectivity index (χ2v) is 9.68. The lowest BCUT2D eigenvalue weighted by atomic mass is 10.1. The van der Waals surface area contributed by atoms with Crippen molar-refractivity contribution in [1.29, 1.82) is 0 Å². The Labute approximate surface area is 246 Å². The summed E-state index contributed by atoms with van der Waals surface area (Å²) < 4.78 is 10.7. The Morgan fingerprint density at radius 3 is 1.30 bits per heavy atom. The summed E-state index contributed by atoms with van der Waals surface area (Å²) in [5, 5.41) is 13.8. The predicted octanol–water partition coefficient (Wildman–Crippen LogP) is 6.87. The molecule has 2 heterocycles. The van der Waals surface area contributed by atoms with E-state index in [0.717, 1.165) is 22.3 Å². The summed E-state index contributed by atoms with van der Waals surface area (Å²) in [7, 11) is 0. The number of nitrogens with one attached hydrogen (secondary N) is 2. The highest BCUT2D eigenvalue weighted by Gasteiger charge is 2.13. The average Bonchev–Trinajstić information content (AvgIpc) is 3.74. The van der Waals surface area contributed by atoms with E-state index in [2.05, 4.69) is 30.9 Å². The number of hydrogen-bond donors (Lipinski definition) is 2. The van der Waals surface area contributed by atoms with Crippen molar-refractivity contribution in [2.45, 2.75) is 19.3 Å². The molecular weight excluding hydrogens is 544 g/mol. The maximum Gasteiger partial charge on any atom is 0.258 e. The van der Waals surface area contributed by atoms with Gasteiger partial charge in [-0.3, -0.25) is 9.59 Å². The van der Waals surface area contributed by atoms with Gasteiger partial charge in [-0.2, -0.15) is 9.97 Å². The fourth-order valence-electron chi connectivity index (χ4n) is 4.34. The molecule has 6 aromatic rings. The summed E-state index contributed by atoms with van der Waals surface area (Å²) in [6.45, 7) is 0. The van der Waals surface area contributed by atoms with E-state index in [1.165, 1.54) is 0 Å². The third-order valence-electron chi connectivity index (χ3n) is 6.55. The van der Waals surface area contributed by atoms with Crippen LogP contribution in [0.25, 0.3) is 45.7 Å². The summed E-state index contributed by atoms with van der Waals surface area (Å²) in [5.74, 6) is 1.46. The molecule has 0 saturated heterocycles. The Hall–Kier alpha value is -5.90. The van der Waals surface area contributed by atoms with Crippen LogP contribution in [0.5, 0.6) is 0 Å². The first-order valence-corrected chi connectivity index (χ1v) is 13.7. The zero-order valence-corrected chi connectivity index (χ0v) is 22.9. The van der Waals surface area contributed by atoms with Gasteiger partial charge >= 0.3 is 0 Å². The highest BCUT2D eigenvalue weighted by molar-refractivity contribution is 5.93. The molecule has 0 fully saturated rings. The van der Waals surface area contributed by atoms with Crippen LogP contribution >= 0.6 is 0 Å². The van der Waals surface area contributed by atoms with Crippen LogP contribution in [0.1, 0.15) is 19.3 Å². The summed E-state index contributed by atoms with van der Waals surface area (Å²) in [6, 6.07) is 33.4. The zero-order valence-electron chi connectivity index (χ0n) is 22.9. The van der Waals surface area contributed by atoms with E-state index in [1.54, 1.807) is 24.3 Å². The van der Waals surface area contributed by atoms with Crippen molar-refractivity contribution in [3.8, 4) is 45.7 Å². The van der Waals surface area contributed by atoms with Crippen molar-refractivity contribution in [1.82, 2.24) is 20.3 Å². The maximum absolute atomic E-state index is 12.4. The van der Waals surface area contributed by atoms with E-state index in [9.17, 15) is 9.59 Å². The molecule has 2 aromatic heterocycles. The Morgan fingerprint density at radius 1 is 0.512 bits per heavy atom. The number of amides is 2. The molecule has 10 heteroatoms. The minimum absolute atomic E-state index is 0.175. The maximum atomic E-state index is 12.4. The van der Waals surface area contributed by atoms with E-state index >= 15 is 0 Å². The van der Waals surface area contributed by atoms with Crippen LogP contribution in [0.4, 0.5) is 11.4 Å². The molecule has 4 aromatic carbocycles. The van der Waals surface area contributed by atoms with Crippen LogP contribution in [-0.2, 0) is 9.59 Å². The van der Waals surface area contributed by atoms with Crippen molar-refractivity contribution in [2.75, 3.05) is 10.6 Å². The van der Waals surface area contributed by atoms with Gasteiger partial charge in [0.25, 0.3) is 11.8 Å². The fourth-order valence-corrected chi connectivity index (χ4v) is 4.34. The van der Waals surface area contributed by atoms with Crippen molar-refractivity contribution < 1.29 is 18.6 Å². The van der Waals surface area contributed by atoms with Crippen molar-refractivity contribution in [3.63, 3.8) is 0 Å². The molecule has 0 aliphatic carbocycles. The third-order valence-corrected chi connectivity index (χ3v) is 6.55. The fraction of sp³-hybridized carbons (Fsp3) is 0.0909. The molecule has 212 valence electrons. The summed E-state index contributed by atoms with van der Waals surface area (Å²) >= 11 is 0. The highest BCUT2D eigenvalue weighted by Crippen LogP contribution is 2.25. The standard InChI is InChI=1S/C33H26N6O4/c40-28(34-26-18-14-22(15-19-26)30-36-32(42-38-30)24-8-3-1-4-9-24)12-7-13-29(41)35-27-20-16-23(17-21-27)31-37-33(43-39-31)25-10-5-2-6-11-25/h1-6,8-11,14-21H,7,12-13H2,(H,34,40)(H,35,41). The summed E-state index contributed by atoms with van der Waals surface area (Å²) in [6.07, 6.45) is 0.825. The van der Waals surface area contributed by atoms with E-state index < -0.39 is 0 Å². The molecule has 0 saturated carbocycles. The normalized spacial score (nSPS) is 10.8. The Morgan fingerprint density at radius 2 is 0.907 bits per heavy atom. The number of benzene rings is 4. The molecule has 43 heavy (non-hydrogen) atoms. The molecule has 0 aliphatic rings. The largest absolute Gasteiger partial charge is 0.334 e. The van der Waals surface area contributed by atoms with Crippen LogP contribution < -0.4 is 10.6 Å². The zero-order chi connectivity index (χ0) is 29.4. The molecule has 2 N–H and O–H groups in total. The van der Waals surface area contributed by atoms with Crippen LogP contribution in [0.15, 0.2) is 118 Å². The number of rotatable bonds is 10. The van der Waals surface area contributed by atoms with E-state index in [4.69, 9.17) is 9.05 Å². The minimum atomic E-state index is -0.175. The molecule has 6 rings (SSSR count). The molecule has 0 aliphatic heterocycles. The molecule has 0 bridgehead atoms. The van der Waals surface area contributed by atoms with Crippen LogP contribution in [0.3, 0.4) is 0 Å². The topological polar surface area (TPSA) is 136 Å². The lowest BCUT2D eigenvalue weighted by Crippen LogP contribution is -2.14. The van der Waals surface area contributed by atoms with Crippen molar-refractivity contribution >= 4 is 23.2 Å². The number of nitrogens with zero attached hydrogens (tertiary/aromatic N) is 4. The van der Waals surface area contributed by atoms with Gasteiger partial charge < -0.3 is 19.7 Å². The monoisotopic (exact) mass is 570 g/mol. The molecule has 10 nitrogen and oxygen atoms in total. The molecule has 0 atom stereocenters. The molecule has 0 radical (unpaired) electrons. The minimum Gasteiger partial charge on any atom is -0.334 e. The first-order valence-electron chi connectivity index (χ1n) is 13.7. The quantitative estimate of drug-likeness (QED) is 0.182. The second kappa shape index (κ2) is 12.7. The van der Waals surface area contributed by atoms with Crippen molar-refractivity contribution in [2.24, 2.45) is 0 Å². The van der Waals surface area contributed by atoms with E-state index in [-0.39, 0.29) is 24.7 Å². The summed E-state index contributed by atoms with van der Waals surface area (Å²) in [5.41, 5.74) is 4.50. The van der Waals surface area contributed by atoms with Gasteiger partial charge in [-0.15, -0.1) is 0 Å². The molecule has 2 amide bonds. The van der Waals surface area contributed by atoms with Crippen LogP contribution in [0.2, 0.25) is 0 Å².